The van der Waals surface area contributed by atoms with Crippen LogP contribution in [0.1, 0.15) is 35.1 Å². The smallest absolute Gasteiger partial charge is 0.337 e. The standard InChI is InChI=1S/C25H25FN6O2/c1-29-22(15-21(27-29)17-10-12-19(26)13-11-17)24(33)31-14-6-7-18(16-31)23-28-30(2)25(34)32(23)20-8-4-3-5-9-20/h3-5,8-13,15,18H,6-7,14,16H2,1-2H3. The highest BCUT2D eigenvalue weighted by Crippen LogP contribution is 2.28. The van der Waals surface area contributed by atoms with Crippen LogP contribution < -0.4 is 5.69 Å². The molecule has 8 nitrogen and oxygen atoms in total. The molecule has 0 spiro atoms. The third-order valence-electron chi connectivity index (χ3n) is 6.28. The van der Waals surface area contributed by atoms with Crippen LogP contribution in [0.4, 0.5) is 4.39 Å². The van der Waals surface area contributed by atoms with E-state index < -0.39 is 0 Å². The van der Waals surface area contributed by atoms with Crippen molar-refractivity contribution in [1.29, 1.82) is 0 Å². The fraction of sp³-hybridized carbons (Fsp3) is 0.280. The molecule has 0 N–H and O–H groups in total. The highest BCUT2D eigenvalue weighted by Gasteiger charge is 2.31. The van der Waals surface area contributed by atoms with Crippen molar-refractivity contribution in [3.8, 4) is 16.9 Å². The largest absolute Gasteiger partial charge is 0.350 e. The summed E-state index contributed by atoms with van der Waals surface area (Å²) < 4.78 is 17.8. The van der Waals surface area contributed by atoms with Crippen LogP contribution in [0.3, 0.4) is 0 Å². The maximum atomic E-state index is 13.4. The second kappa shape index (κ2) is 8.74. The van der Waals surface area contributed by atoms with Crippen molar-refractivity contribution >= 4 is 5.91 Å². The molecule has 1 atom stereocenters. The van der Waals surface area contributed by atoms with Crippen LogP contribution >= 0.6 is 0 Å². The van der Waals surface area contributed by atoms with Crippen molar-refractivity contribution in [3.63, 3.8) is 0 Å². The van der Waals surface area contributed by atoms with Crippen molar-refractivity contribution < 1.29 is 9.18 Å². The van der Waals surface area contributed by atoms with Gasteiger partial charge in [-0.05, 0) is 55.3 Å². The lowest BCUT2D eigenvalue weighted by atomic mass is 9.96. The molecule has 9 heteroatoms. The van der Waals surface area contributed by atoms with Crippen LogP contribution in [0.25, 0.3) is 16.9 Å². The van der Waals surface area contributed by atoms with Gasteiger partial charge in [0.15, 0.2) is 0 Å². The third-order valence-corrected chi connectivity index (χ3v) is 6.28. The number of rotatable bonds is 4. The molecule has 3 heterocycles. The highest BCUT2D eigenvalue weighted by molar-refractivity contribution is 5.93. The summed E-state index contributed by atoms with van der Waals surface area (Å²) in [7, 11) is 3.37. The number of hydrogen-bond donors (Lipinski definition) is 0. The highest BCUT2D eigenvalue weighted by atomic mass is 19.1. The Bertz CT molecular complexity index is 1390. The number of carbonyl (C=O) groups excluding carboxylic acids is 1. The van der Waals surface area contributed by atoms with Gasteiger partial charge < -0.3 is 4.90 Å². The first-order valence-electron chi connectivity index (χ1n) is 11.2. The Morgan fingerprint density at radius 2 is 1.74 bits per heavy atom. The number of hydrogen-bond acceptors (Lipinski definition) is 4. The Morgan fingerprint density at radius 1 is 1.00 bits per heavy atom. The molecule has 5 rings (SSSR count). The molecule has 34 heavy (non-hydrogen) atoms. The number of likely N-dealkylation sites (tertiary alicyclic amines) is 1. The summed E-state index contributed by atoms with van der Waals surface area (Å²) in [5, 5.41) is 8.98. The van der Waals surface area contributed by atoms with E-state index in [1.807, 2.05) is 30.3 Å². The van der Waals surface area contributed by atoms with Crippen LogP contribution in [0.2, 0.25) is 0 Å². The summed E-state index contributed by atoms with van der Waals surface area (Å²) in [5.74, 6) is 0.140. The molecule has 0 bridgehead atoms. The molecule has 1 saturated heterocycles. The number of aromatic nitrogens is 5. The zero-order chi connectivity index (χ0) is 23.8. The molecule has 1 aliphatic rings. The Kier molecular flexibility index (Phi) is 5.61. The molecule has 4 aromatic rings. The predicted molar refractivity (Wildman–Crippen MR) is 125 cm³/mol. The molecule has 0 radical (unpaired) electrons. The van der Waals surface area contributed by atoms with Gasteiger partial charge in [0.1, 0.15) is 17.3 Å². The molecular weight excluding hydrogens is 435 g/mol. The maximum Gasteiger partial charge on any atom is 0.350 e. The van der Waals surface area contributed by atoms with Gasteiger partial charge in [0.25, 0.3) is 5.91 Å². The van der Waals surface area contributed by atoms with Crippen molar-refractivity contribution in [2.75, 3.05) is 13.1 Å². The summed E-state index contributed by atoms with van der Waals surface area (Å²) >= 11 is 0. The normalized spacial score (nSPS) is 16.1. The van der Waals surface area contributed by atoms with Crippen molar-refractivity contribution in [1.82, 2.24) is 29.0 Å². The lowest BCUT2D eigenvalue weighted by Crippen LogP contribution is -2.40. The van der Waals surface area contributed by atoms with E-state index in [1.54, 1.807) is 46.4 Å². The second-order valence-electron chi connectivity index (χ2n) is 8.57. The van der Waals surface area contributed by atoms with Gasteiger partial charge in [0, 0.05) is 38.7 Å². The first-order valence-corrected chi connectivity index (χ1v) is 11.2. The van der Waals surface area contributed by atoms with Gasteiger partial charge in [0.2, 0.25) is 0 Å². The first kappa shape index (κ1) is 21.8. The number of piperidine rings is 1. The van der Waals surface area contributed by atoms with E-state index in [0.717, 1.165) is 24.1 Å². The van der Waals surface area contributed by atoms with Crippen molar-refractivity contribution in [3.05, 3.63) is 88.5 Å². The average Bonchev–Trinajstić information content (AvgIpc) is 3.39. The Labute approximate surface area is 195 Å². The topological polar surface area (TPSA) is 78.0 Å². The zero-order valence-electron chi connectivity index (χ0n) is 19.1. The summed E-state index contributed by atoms with van der Waals surface area (Å²) in [4.78, 5) is 28.1. The average molecular weight is 461 g/mol. The Balaban J connectivity index is 1.42. The van der Waals surface area contributed by atoms with Gasteiger partial charge in [-0.2, -0.15) is 10.2 Å². The fourth-order valence-electron chi connectivity index (χ4n) is 4.53. The first-order chi connectivity index (χ1) is 16.4. The zero-order valence-corrected chi connectivity index (χ0v) is 19.1. The van der Waals surface area contributed by atoms with Crippen molar-refractivity contribution in [2.45, 2.75) is 18.8 Å². The van der Waals surface area contributed by atoms with Crippen LogP contribution in [-0.2, 0) is 14.1 Å². The third kappa shape index (κ3) is 3.93. The molecular formula is C25H25FN6O2. The molecule has 0 aliphatic carbocycles. The van der Waals surface area contributed by atoms with Crippen LogP contribution in [0.5, 0.6) is 0 Å². The summed E-state index contributed by atoms with van der Waals surface area (Å²) in [6.45, 7) is 1.08. The number of amides is 1. The molecule has 1 unspecified atom stereocenters. The number of nitrogens with zero attached hydrogens (tertiary/aromatic N) is 6. The van der Waals surface area contributed by atoms with Crippen LogP contribution in [0, 0.1) is 5.82 Å². The number of benzene rings is 2. The van der Waals surface area contributed by atoms with Gasteiger partial charge in [-0.25, -0.2) is 18.4 Å². The number of halogens is 1. The van der Waals surface area contributed by atoms with E-state index in [9.17, 15) is 14.0 Å². The molecule has 1 fully saturated rings. The van der Waals surface area contributed by atoms with Gasteiger partial charge in [0.05, 0.1) is 11.4 Å². The molecule has 2 aromatic carbocycles. The van der Waals surface area contributed by atoms with Crippen molar-refractivity contribution in [2.24, 2.45) is 14.1 Å². The minimum Gasteiger partial charge on any atom is -0.337 e. The monoisotopic (exact) mass is 460 g/mol. The van der Waals surface area contributed by atoms with Gasteiger partial charge in [-0.3, -0.25) is 9.48 Å². The summed E-state index contributed by atoms with van der Waals surface area (Å²) in [6, 6.07) is 17.2. The van der Waals surface area contributed by atoms with Crippen LogP contribution in [0.15, 0.2) is 65.5 Å². The summed E-state index contributed by atoms with van der Waals surface area (Å²) in [6.07, 6.45) is 1.64. The van der Waals surface area contributed by atoms with Gasteiger partial charge >= 0.3 is 5.69 Å². The molecule has 2 aromatic heterocycles. The minimum absolute atomic E-state index is 0.0726. The quantitative estimate of drug-likeness (QED) is 0.469. The molecule has 174 valence electrons. The number of para-hydroxylation sites is 1. The predicted octanol–water partition coefficient (Wildman–Crippen LogP) is 3.13. The second-order valence-corrected chi connectivity index (χ2v) is 8.57. The van der Waals surface area contributed by atoms with E-state index >= 15 is 0 Å². The minimum atomic E-state index is -0.321. The van der Waals surface area contributed by atoms with Gasteiger partial charge in [-0.15, -0.1) is 0 Å². The lowest BCUT2D eigenvalue weighted by Gasteiger charge is -2.32. The van der Waals surface area contributed by atoms with E-state index in [-0.39, 0.29) is 23.3 Å². The van der Waals surface area contributed by atoms with E-state index in [1.165, 1.54) is 16.8 Å². The van der Waals surface area contributed by atoms with Gasteiger partial charge in [-0.1, -0.05) is 18.2 Å². The van der Waals surface area contributed by atoms with Crippen LogP contribution in [-0.4, -0.2) is 48.0 Å². The number of carbonyl (C=O) groups is 1. The Hall–Kier alpha value is -4.01. The maximum absolute atomic E-state index is 13.4. The SMILES string of the molecule is Cn1nc(-c2ccc(F)cc2)cc1C(=O)N1CCCC(c2nn(C)c(=O)n2-c2ccccc2)C1. The number of aryl methyl sites for hydroxylation is 2. The Morgan fingerprint density at radius 3 is 2.47 bits per heavy atom. The molecule has 0 saturated carbocycles. The lowest BCUT2D eigenvalue weighted by molar-refractivity contribution is 0.0692. The summed E-state index contributed by atoms with van der Waals surface area (Å²) in [5.41, 5.74) is 2.37. The van der Waals surface area contributed by atoms with E-state index in [0.29, 0.717) is 30.3 Å². The fourth-order valence-corrected chi connectivity index (χ4v) is 4.53. The van der Waals surface area contributed by atoms with E-state index in [4.69, 9.17) is 0 Å². The molecule has 1 aliphatic heterocycles. The molecule has 1 amide bonds. The van der Waals surface area contributed by atoms with E-state index in [2.05, 4.69) is 10.2 Å².